The quantitative estimate of drug-likeness (QED) is 0.841. The van der Waals surface area contributed by atoms with E-state index in [0.29, 0.717) is 13.1 Å². The molecule has 1 N–H and O–H groups in total. The van der Waals surface area contributed by atoms with Gasteiger partial charge in [0.1, 0.15) is 0 Å². The van der Waals surface area contributed by atoms with Crippen LogP contribution in [0.3, 0.4) is 0 Å². The molecule has 94 valence electrons. The van der Waals surface area contributed by atoms with Gasteiger partial charge in [0.2, 0.25) is 5.91 Å². The zero-order chi connectivity index (χ0) is 12.1. The molecule has 0 spiro atoms. The molecule has 0 atom stereocenters. The average molecular weight is 252 g/mol. The van der Waals surface area contributed by atoms with E-state index in [2.05, 4.69) is 10.2 Å². The second-order valence-electron chi connectivity index (χ2n) is 4.85. The fraction of sp³-hybridized carbons (Fsp3) is 0.615. The summed E-state index contributed by atoms with van der Waals surface area (Å²) in [4.78, 5) is 15.0. The van der Waals surface area contributed by atoms with Gasteiger partial charge in [-0.25, -0.2) is 0 Å². The van der Waals surface area contributed by atoms with Gasteiger partial charge in [-0.05, 0) is 37.3 Å². The van der Waals surface area contributed by atoms with Crippen LogP contribution in [-0.2, 0) is 11.3 Å². The van der Waals surface area contributed by atoms with E-state index in [4.69, 9.17) is 0 Å². The molecule has 1 aliphatic rings. The molecule has 1 aliphatic carbocycles. The van der Waals surface area contributed by atoms with E-state index in [1.807, 2.05) is 24.6 Å². The summed E-state index contributed by atoms with van der Waals surface area (Å²) in [6.45, 7) is 2.24. The Balaban J connectivity index is 1.62. The summed E-state index contributed by atoms with van der Waals surface area (Å²) in [7, 11) is 2.03. The number of hydrogen-bond donors (Lipinski definition) is 1. The van der Waals surface area contributed by atoms with Crippen LogP contribution in [0.5, 0.6) is 0 Å². The molecule has 1 fully saturated rings. The molecule has 1 heterocycles. The average Bonchev–Trinajstić information content (AvgIpc) is 2.73. The maximum atomic E-state index is 11.7. The maximum absolute atomic E-state index is 11.7. The zero-order valence-electron chi connectivity index (χ0n) is 10.3. The summed E-state index contributed by atoms with van der Waals surface area (Å²) in [5.74, 6) is 0.949. The molecule has 1 aromatic heterocycles. The molecule has 0 aromatic carbocycles. The summed E-state index contributed by atoms with van der Waals surface area (Å²) < 4.78 is 0. The van der Waals surface area contributed by atoms with Crippen molar-refractivity contribution in [1.82, 2.24) is 10.2 Å². The molecule has 0 radical (unpaired) electrons. The third-order valence-electron chi connectivity index (χ3n) is 3.25. The summed E-state index contributed by atoms with van der Waals surface area (Å²) in [5.41, 5.74) is 0. The first kappa shape index (κ1) is 12.6. The first-order valence-electron chi connectivity index (χ1n) is 6.21. The maximum Gasteiger partial charge on any atom is 0.234 e. The molecule has 3 nitrogen and oxygen atoms in total. The van der Waals surface area contributed by atoms with Crippen LogP contribution >= 0.6 is 11.3 Å². The molecular formula is C13H20N2OS. The van der Waals surface area contributed by atoms with E-state index in [9.17, 15) is 4.79 Å². The van der Waals surface area contributed by atoms with Crippen molar-refractivity contribution in [1.29, 1.82) is 0 Å². The van der Waals surface area contributed by atoms with Gasteiger partial charge in [-0.2, -0.15) is 0 Å². The third-order valence-corrected chi connectivity index (χ3v) is 4.12. The monoisotopic (exact) mass is 252 g/mol. The van der Waals surface area contributed by atoms with Gasteiger partial charge in [-0.1, -0.05) is 12.5 Å². The van der Waals surface area contributed by atoms with Gasteiger partial charge in [0.05, 0.1) is 13.1 Å². The van der Waals surface area contributed by atoms with Gasteiger partial charge in [-0.15, -0.1) is 11.3 Å². The molecule has 0 saturated heterocycles. The first-order valence-corrected chi connectivity index (χ1v) is 7.09. The van der Waals surface area contributed by atoms with Crippen LogP contribution < -0.4 is 5.32 Å². The Morgan fingerprint density at radius 3 is 3.00 bits per heavy atom. The highest BCUT2D eigenvalue weighted by Crippen LogP contribution is 2.26. The van der Waals surface area contributed by atoms with Crippen LogP contribution in [0.4, 0.5) is 0 Å². The van der Waals surface area contributed by atoms with Gasteiger partial charge in [0.15, 0.2) is 0 Å². The van der Waals surface area contributed by atoms with Crippen LogP contribution in [0.15, 0.2) is 17.5 Å². The summed E-state index contributed by atoms with van der Waals surface area (Å²) >= 11 is 1.68. The predicted octanol–water partition coefficient (Wildman–Crippen LogP) is 2.10. The highest BCUT2D eigenvalue weighted by Gasteiger charge is 2.19. The number of likely N-dealkylation sites (N-methyl/N-ethyl adjacent to an activating group) is 1. The molecule has 17 heavy (non-hydrogen) atoms. The van der Waals surface area contributed by atoms with Crippen LogP contribution in [0.25, 0.3) is 0 Å². The fourth-order valence-electron chi connectivity index (χ4n) is 2.08. The molecule has 1 saturated carbocycles. The smallest absolute Gasteiger partial charge is 0.234 e. The first-order chi connectivity index (χ1) is 8.24. The fourth-order valence-corrected chi connectivity index (χ4v) is 2.73. The Kier molecular flexibility index (Phi) is 4.57. The number of amides is 1. The summed E-state index contributed by atoms with van der Waals surface area (Å²) in [6.07, 6.45) is 4.03. The van der Waals surface area contributed by atoms with Crippen molar-refractivity contribution < 1.29 is 4.79 Å². The van der Waals surface area contributed by atoms with E-state index >= 15 is 0 Å². The van der Waals surface area contributed by atoms with Crippen LogP contribution in [0.2, 0.25) is 0 Å². The SMILES string of the molecule is CN(CC(=O)NCc1cccs1)CC1CCC1. The highest BCUT2D eigenvalue weighted by molar-refractivity contribution is 7.09. The van der Waals surface area contributed by atoms with E-state index in [1.165, 1.54) is 24.1 Å². The van der Waals surface area contributed by atoms with Crippen molar-refractivity contribution >= 4 is 17.2 Å². The number of nitrogens with one attached hydrogen (secondary N) is 1. The van der Waals surface area contributed by atoms with Crippen LogP contribution in [-0.4, -0.2) is 30.9 Å². The van der Waals surface area contributed by atoms with Crippen molar-refractivity contribution in [3.05, 3.63) is 22.4 Å². The standard InChI is InChI=1S/C13H20N2OS/c1-15(9-11-4-2-5-11)10-13(16)14-8-12-6-3-7-17-12/h3,6-7,11H,2,4-5,8-10H2,1H3,(H,14,16). The van der Waals surface area contributed by atoms with Crippen LogP contribution in [0.1, 0.15) is 24.1 Å². The van der Waals surface area contributed by atoms with Gasteiger partial charge in [0, 0.05) is 11.4 Å². The Bertz CT molecular complexity index is 346. The number of carbonyl (C=O) groups is 1. The topological polar surface area (TPSA) is 32.3 Å². The number of hydrogen-bond acceptors (Lipinski definition) is 3. The number of nitrogens with zero attached hydrogens (tertiary/aromatic N) is 1. The minimum absolute atomic E-state index is 0.125. The lowest BCUT2D eigenvalue weighted by molar-refractivity contribution is -0.122. The van der Waals surface area contributed by atoms with Gasteiger partial charge in [0.25, 0.3) is 0 Å². The van der Waals surface area contributed by atoms with Crippen molar-refractivity contribution in [2.24, 2.45) is 5.92 Å². The van der Waals surface area contributed by atoms with E-state index in [-0.39, 0.29) is 5.91 Å². The highest BCUT2D eigenvalue weighted by atomic mass is 32.1. The zero-order valence-corrected chi connectivity index (χ0v) is 11.1. The van der Waals surface area contributed by atoms with Crippen molar-refractivity contribution in [3.63, 3.8) is 0 Å². The van der Waals surface area contributed by atoms with Crippen molar-refractivity contribution in [2.75, 3.05) is 20.1 Å². The van der Waals surface area contributed by atoms with Crippen LogP contribution in [0, 0.1) is 5.92 Å². The number of rotatable bonds is 6. The molecule has 2 rings (SSSR count). The largest absolute Gasteiger partial charge is 0.350 e. The van der Waals surface area contributed by atoms with E-state index < -0.39 is 0 Å². The Labute approximate surface area is 107 Å². The number of thiophene rings is 1. The lowest BCUT2D eigenvalue weighted by Gasteiger charge is -2.29. The second kappa shape index (κ2) is 6.17. The summed E-state index contributed by atoms with van der Waals surface area (Å²) in [6, 6.07) is 4.05. The van der Waals surface area contributed by atoms with Gasteiger partial charge < -0.3 is 5.32 Å². The van der Waals surface area contributed by atoms with Crippen molar-refractivity contribution in [3.8, 4) is 0 Å². The second-order valence-corrected chi connectivity index (χ2v) is 5.88. The molecule has 0 aliphatic heterocycles. The van der Waals surface area contributed by atoms with E-state index in [1.54, 1.807) is 11.3 Å². The van der Waals surface area contributed by atoms with Crippen molar-refractivity contribution in [2.45, 2.75) is 25.8 Å². The molecule has 0 bridgehead atoms. The molecule has 1 aromatic rings. The predicted molar refractivity (Wildman–Crippen MR) is 71.0 cm³/mol. The minimum atomic E-state index is 0.125. The molecular weight excluding hydrogens is 232 g/mol. The Hall–Kier alpha value is -0.870. The molecule has 0 unspecified atom stereocenters. The normalized spacial score (nSPS) is 15.9. The summed E-state index contributed by atoms with van der Waals surface area (Å²) in [5, 5.41) is 4.99. The van der Waals surface area contributed by atoms with E-state index in [0.717, 1.165) is 12.5 Å². The Morgan fingerprint density at radius 2 is 2.41 bits per heavy atom. The molecule has 4 heteroatoms. The third kappa shape index (κ3) is 4.13. The lowest BCUT2D eigenvalue weighted by Crippen LogP contribution is -2.38. The Morgan fingerprint density at radius 1 is 1.59 bits per heavy atom. The van der Waals surface area contributed by atoms with Gasteiger partial charge >= 0.3 is 0 Å². The van der Waals surface area contributed by atoms with Gasteiger partial charge in [-0.3, -0.25) is 9.69 Å². The number of carbonyl (C=O) groups excluding carboxylic acids is 1. The minimum Gasteiger partial charge on any atom is -0.350 e. The lowest BCUT2D eigenvalue weighted by atomic mass is 9.85. The molecule has 1 amide bonds.